The van der Waals surface area contributed by atoms with E-state index >= 15 is 0 Å². The fourth-order valence-corrected chi connectivity index (χ4v) is 10.7. The van der Waals surface area contributed by atoms with E-state index < -0.39 is 25.9 Å². The molecule has 0 aromatic heterocycles. The van der Waals surface area contributed by atoms with Crippen LogP contribution in [0.1, 0.15) is 72.6 Å². The molecule has 6 heteroatoms. The van der Waals surface area contributed by atoms with Gasteiger partial charge in [-0.1, -0.05) is 127 Å². The van der Waals surface area contributed by atoms with E-state index in [0.29, 0.717) is 13.2 Å². The Morgan fingerprint density at radius 1 is 0.838 bits per heavy atom. The lowest BCUT2D eigenvalue weighted by atomic mass is 9.95. The minimum Gasteiger partial charge on any atom is -0.406 e. The van der Waals surface area contributed by atoms with Gasteiger partial charge in [0.25, 0.3) is 8.32 Å². The van der Waals surface area contributed by atoms with E-state index in [1.54, 1.807) is 0 Å². The van der Waals surface area contributed by atoms with E-state index in [0.717, 1.165) is 13.0 Å². The molecule has 0 radical (unpaired) electrons. The average molecular weight is 546 g/mol. The van der Waals surface area contributed by atoms with Gasteiger partial charge >= 0.3 is 0 Å². The normalized spacial score (nSPS) is 23.3. The SMILES string of the molecule is CCCCCCCCCN1C[C@H](Cl)[C@@H](O)[C@H](O)C1CO[Si](c1ccccc1)(c1ccccc1)C(C)(C)C. The highest BCUT2D eigenvalue weighted by atomic mass is 35.5. The lowest BCUT2D eigenvalue weighted by Crippen LogP contribution is -2.69. The monoisotopic (exact) mass is 545 g/mol. The minimum atomic E-state index is -2.74. The highest BCUT2D eigenvalue weighted by Crippen LogP contribution is 2.37. The average Bonchev–Trinajstić information content (AvgIpc) is 2.89. The Balaban J connectivity index is 1.83. The second-order valence-corrected chi connectivity index (χ2v) is 16.5. The van der Waals surface area contributed by atoms with Gasteiger partial charge in [-0.15, -0.1) is 11.6 Å². The molecule has 37 heavy (non-hydrogen) atoms. The lowest BCUT2D eigenvalue weighted by molar-refractivity contribution is -0.0852. The van der Waals surface area contributed by atoms with Crippen LogP contribution < -0.4 is 10.4 Å². The molecule has 2 aromatic rings. The van der Waals surface area contributed by atoms with Crippen LogP contribution in [0, 0.1) is 0 Å². The van der Waals surface area contributed by atoms with Gasteiger partial charge in [0.2, 0.25) is 0 Å². The van der Waals surface area contributed by atoms with Crippen LogP contribution in [0.4, 0.5) is 0 Å². The molecule has 1 aliphatic heterocycles. The Hall–Kier alpha value is -1.21. The smallest absolute Gasteiger partial charge is 0.261 e. The first kappa shape index (κ1) is 30.3. The van der Waals surface area contributed by atoms with E-state index in [1.165, 1.54) is 48.9 Å². The number of likely N-dealkylation sites (tertiary alicyclic amines) is 1. The number of benzene rings is 2. The summed E-state index contributed by atoms with van der Waals surface area (Å²) in [7, 11) is -2.74. The van der Waals surface area contributed by atoms with Gasteiger partial charge in [0.1, 0.15) is 0 Å². The maximum absolute atomic E-state index is 11.2. The van der Waals surface area contributed by atoms with Crippen LogP contribution in [0.5, 0.6) is 0 Å². The number of piperidine rings is 1. The zero-order valence-electron chi connectivity index (χ0n) is 23.3. The van der Waals surface area contributed by atoms with Crippen molar-refractivity contribution in [2.45, 2.75) is 101 Å². The predicted molar refractivity (Wildman–Crippen MR) is 159 cm³/mol. The summed E-state index contributed by atoms with van der Waals surface area (Å²) < 4.78 is 7.14. The van der Waals surface area contributed by atoms with Crippen LogP contribution in [0.2, 0.25) is 5.04 Å². The summed E-state index contributed by atoms with van der Waals surface area (Å²) in [4.78, 5) is 2.26. The van der Waals surface area contributed by atoms with E-state index in [9.17, 15) is 10.2 Å². The molecule has 0 spiro atoms. The van der Waals surface area contributed by atoms with Gasteiger partial charge in [0, 0.05) is 6.54 Å². The molecule has 1 unspecified atom stereocenters. The molecule has 206 valence electrons. The number of nitrogens with zero attached hydrogens (tertiary/aromatic N) is 1. The Labute approximate surface area is 231 Å². The number of halogens is 1. The van der Waals surface area contributed by atoms with Crippen LogP contribution in [0.25, 0.3) is 0 Å². The van der Waals surface area contributed by atoms with Gasteiger partial charge in [0.15, 0.2) is 0 Å². The van der Waals surface area contributed by atoms with Crippen molar-refractivity contribution in [3.63, 3.8) is 0 Å². The van der Waals surface area contributed by atoms with Crippen molar-refractivity contribution in [2.75, 3.05) is 19.7 Å². The third-order valence-electron chi connectivity index (χ3n) is 7.93. The molecule has 0 aliphatic carbocycles. The summed E-state index contributed by atoms with van der Waals surface area (Å²) in [5.41, 5.74) is 0. The molecule has 3 rings (SSSR count). The summed E-state index contributed by atoms with van der Waals surface area (Å²) in [5, 5.41) is 23.7. The Morgan fingerprint density at radius 3 is 1.86 bits per heavy atom. The van der Waals surface area contributed by atoms with Crippen molar-refractivity contribution in [3.8, 4) is 0 Å². The number of hydrogen-bond donors (Lipinski definition) is 2. The predicted octanol–water partition coefficient (Wildman–Crippen LogP) is 5.33. The molecule has 4 nitrogen and oxygen atoms in total. The molecule has 1 heterocycles. The number of aliphatic hydroxyl groups is 2. The second kappa shape index (κ2) is 14.3. The zero-order valence-corrected chi connectivity index (χ0v) is 25.0. The number of rotatable bonds is 13. The summed E-state index contributed by atoms with van der Waals surface area (Å²) in [6, 6.07) is 20.8. The molecular formula is C31H48ClNO3Si. The second-order valence-electron chi connectivity index (χ2n) is 11.7. The minimum absolute atomic E-state index is 0.147. The third kappa shape index (κ3) is 7.46. The first-order valence-corrected chi connectivity index (χ1v) is 16.6. The van der Waals surface area contributed by atoms with Crippen molar-refractivity contribution in [1.29, 1.82) is 0 Å². The zero-order chi connectivity index (χ0) is 26.9. The summed E-state index contributed by atoms with van der Waals surface area (Å²) in [5.74, 6) is 0. The molecule has 1 saturated heterocycles. The maximum Gasteiger partial charge on any atom is 0.261 e. The van der Waals surface area contributed by atoms with E-state index in [2.05, 4.69) is 81.1 Å². The van der Waals surface area contributed by atoms with Crippen molar-refractivity contribution >= 4 is 30.3 Å². The van der Waals surface area contributed by atoms with Crippen LogP contribution in [0.3, 0.4) is 0 Å². The lowest BCUT2D eigenvalue weighted by Gasteiger charge is -2.47. The topological polar surface area (TPSA) is 52.9 Å². The Bertz CT molecular complexity index is 868. The first-order chi connectivity index (χ1) is 17.7. The van der Waals surface area contributed by atoms with Gasteiger partial charge in [-0.05, 0) is 28.4 Å². The number of alkyl halides is 1. The summed E-state index contributed by atoms with van der Waals surface area (Å²) in [6.07, 6.45) is 6.75. The van der Waals surface area contributed by atoms with Crippen LogP contribution in [0.15, 0.2) is 60.7 Å². The summed E-state index contributed by atoms with van der Waals surface area (Å²) >= 11 is 6.49. The maximum atomic E-state index is 11.2. The molecule has 4 atom stereocenters. The van der Waals surface area contributed by atoms with Gasteiger partial charge < -0.3 is 14.6 Å². The van der Waals surface area contributed by atoms with Gasteiger partial charge in [-0.25, -0.2) is 0 Å². The molecule has 0 amide bonds. The van der Waals surface area contributed by atoms with Crippen molar-refractivity contribution in [2.24, 2.45) is 0 Å². The molecule has 0 bridgehead atoms. The molecule has 1 fully saturated rings. The Morgan fingerprint density at radius 2 is 1.35 bits per heavy atom. The largest absolute Gasteiger partial charge is 0.406 e. The molecule has 2 N–H and O–H groups in total. The van der Waals surface area contributed by atoms with Gasteiger partial charge in [0.05, 0.1) is 30.2 Å². The third-order valence-corrected chi connectivity index (χ3v) is 13.3. The Kier molecular flexibility index (Phi) is 11.7. The summed E-state index contributed by atoms with van der Waals surface area (Å²) in [6.45, 7) is 10.8. The van der Waals surface area contributed by atoms with E-state index in [1.807, 2.05) is 12.1 Å². The molecule has 1 aliphatic rings. The van der Waals surface area contributed by atoms with Crippen LogP contribution in [-0.4, -0.2) is 66.8 Å². The first-order valence-electron chi connectivity index (χ1n) is 14.2. The van der Waals surface area contributed by atoms with Crippen molar-refractivity contribution < 1.29 is 14.6 Å². The van der Waals surface area contributed by atoms with Crippen LogP contribution >= 0.6 is 11.6 Å². The van der Waals surface area contributed by atoms with Gasteiger partial charge in [-0.2, -0.15) is 0 Å². The molecule has 2 aromatic carbocycles. The standard InChI is InChI=1S/C31H48ClNO3Si/c1-5-6-7-8-9-10-17-22-33-23-27(32)29(34)30(35)28(33)24-36-37(31(2,3)4,25-18-13-11-14-19-25)26-20-15-12-16-21-26/h11-16,18-21,27-30,34-35H,5-10,17,22-24H2,1-4H3/t27-,28?,29+,30+/m0/s1. The van der Waals surface area contributed by atoms with Crippen LogP contribution in [-0.2, 0) is 4.43 Å². The quantitative estimate of drug-likeness (QED) is 0.203. The molecule has 0 saturated carbocycles. The van der Waals surface area contributed by atoms with E-state index in [-0.39, 0.29) is 11.1 Å². The van der Waals surface area contributed by atoms with Crippen molar-refractivity contribution in [3.05, 3.63) is 60.7 Å². The number of unbranched alkanes of at least 4 members (excludes halogenated alkanes) is 6. The molecular weight excluding hydrogens is 498 g/mol. The highest BCUT2D eigenvalue weighted by molar-refractivity contribution is 6.99. The van der Waals surface area contributed by atoms with Crippen molar-refractivity contribution in [1.82, 2.24) is 4.90 Å². The van der Waals surface area contributed by atoms with Gasteiger partial charge in [-0.3, -0.25) is 4.90 Å². The highest BCUT2D eigenvalue weighted by Gasteiger charge is 2.51. The fraction of sp³-hybridized carbons (Fsp3) is 0.613. The number of aliphatic hydroxyl groups excluding tert-OH is 2. The fourth-order valence-electron chi connectivity index (χ4n) is 5.83. The van der Waals surface area contributed by atoms with E-state index in [4.69, 9.17) is 16.0 Å². The number of hydrogen-bond acceptors (Lipinski definition) is 4.